The summed E-state index contributed by atoms with van der Waals surface area (Å²) in [6.07, 6.45) is 9.83. The van der Waals surface area contributed by atoms with Crippen molar-refractivity contribution in [3.05, 3.63) is 88.6 Å². The number of fused-ring (bicyclic) bond motifs is 2. The monoisotopic (exact) mass is 670 g/mol. The van der Waals surface area contributed by atoms with Crippen LogP contribution in [0.25, 0.3) is 5.76 Å². The van der Waals surface area contributed by atoms with Gasteiger partial charge in [0.15, 0.2) is 28.8 Å². The molecule has 3 rings (SSSR count). The molecule has 49 heavy (non-hydrogen) atoms. The van der Waals surface area contributed by atoms with Crippen molar-refractivity contribution in [1.82, 2.24) is 0 Å². The molecule has 0 amide bonds. The minimum Gasteiger partial charge on any atom is -0.506 e. The molecule has 6 heteroatoms. The van der Waals surface area contributed by atoms with E-state index >= 15 is 14.4 Å². The Kier molecular flexibility index (Phi) is 12.3. The molecule has 0 spiro atoms. The maximum absolute atomic E-state index is 15.7. The SMILES string of the molecule is C=C(C)CCC(C[C@@]12C[C@@H](CC=C(C)C)[C@](C)(CCC=C(C)C)[C@@](CC=C(C)C)(C(=O)/C(=C(/O)c3ccc(O)c(O)c3)C1=O)C2=O)C(=C)C. The van der Waals surface area contributed by atoms with E-state index in [1.807, 2.05) is 68.4 Å². The van der Waals surface area contributed by atoms with E-state index < -0.39 is 50.6 Å². The third-order valence-corrected chi connectivity index (χ3v) is 11.1. The number of phenols is 2. The first-order valence-corrected chi connectivity index (χ1v) is 17.5. The van der Waals surface area contributed by atoms with Crippen LogP contribution in [0.1, 0.15) is 119 Å². The summed E-state index contributed by atoms with van der Waals surface area (Å²) in [4.78, 5) is 46.2. The van der Waals surface area contributed by atoms with E-state index in [9.17, 15) is 15.3 Å². The fourth-order valence-corrected chi connectivity index (χ4v) is 8.11. The van der Waals surface area contributed by atoms with E-state index in [0.29, 0.717) is 32.1 Å². The van der Waals surface area contributed by atoms with E-state index in [1.165, 1.54) is 12.1 Å². The van der Waals surface area contributed by atoms with E-state index in [4.69, 9.17) is 0 Å². The smallest absolute Gasteiger partial charge is 0.184 e. The molecule has 2 saturated carbocycles. The first kappa shape index (κ1) is 39.5. The van der Waals surface area contributed by atoms with Crippen molar-refractivity contribution in [2.45, 2.75) is 114 Å². The topological polar surface area (TPSA) is 112 Å². The van der Waals surface area contributed by atoms with Gasteiger partial charge in [-0.3, -0.25) is 14.4 Å². The molecule has 1 aromatic carbocycles. The van der Waals surface area contributed by atoms with Crippen LogP contribution < -0.4 is 0 Å². The third-order valence-electron chi connectivity index (χ3n) is 11.1. The minimum absolute atomic E-state index is 0.0120. The van der Waals surface area contributed by atoms with Gasteiger partial charge in [-0.1, -0.05) is 59.6 Å². The molecule has 0 aromatic heterocycles. The Labute approximate surface area is 294 Å². The Morgan fingerprint density at radius 1 is 0.898 bits per heavy atom. The number of hydrogen-bond donors (Lipinski definition) is 3. The van der Waals surface area contributed by atoms with E-state index in [0.717, 1.165) is 33.9 Å². The number of ketones is 3. The first-order valence-electron chi connectivity index (χ1n) is 17.5. The Morgan fingerprint density at radius 2 is 1.51 bits per heavy atom. The van der Waals surface area contributed by atoms with Crippen molar-refractivity contribution in [3.63, 3.8) is 0 Å². The van der Waals surface area contributed by atoms with Crippen LogP contribution in [0.4, 0.5) is 0 Å². The van der Waals surface area contributed by atoms with E-state index in [-0.39, 0.29) is 42.4 Å². The average molecular weight is 671 g/mol. The quantitative estimate of drug-likeness (QED) is 0.0453. The van der Waals surface area contributed by atoms with Crippen molar-refractivity contribution in [1.29, 1.82) is 0 Å². The van der Waals surface area contributed by atoms with Gasteiger partial charge in [-0.2, -0.15) is 0 Å². The van der Waals surface area contributed by atoms with Crippen molar-refractivity contribution in [2.24, 2.45) is 28.1 Å². The molecule has 0 heterocycles. The van der Waals surface area contributed by atoms with Gasteiger partial charge in [0.05, 0.1) is 5.41 Å². The molecule has 0 aliphatic heterocycles. The Balaban J connectivity index is 2.54. The van der Waals surface area contributed by atoms with Crippen LogP contribution in [-0.2, 0) is 14.4 Å². The van der Waals surface area contributed by atoms with Crippen LogP contribution >= 0.6 is 0 Å². The van der Waals surface area contributed by atoms with Crippen LogP contribution in [-0.4, -0.2) is 32.7 Å². The normalized spacial score (nSPS) is 26.5. The third kappa shape index (κ3) is 7.64. The number of phenolic OH excluding ortho intramolecular Hbond substituents is 2. The Morgan fingerprint density at radius 3 is 2.04 bits per heavy atom. The number of aromatic hydroxyl groups is 2. The summed E-state index contributed by atoms with van der Waals surface area (Å²) in [6, 6.07) is 3.69. The van der Waals surface area contributed by atoms with Crippen LogP contribution in [0.3, 0.4) is 0 Å². The predicted molar refractivity (Wildman–Crippen MR) is 199 cm³/mol. The maximum Gasteiger partial charge on any atom is 0.184 e. The molecule has 1 unspecified atom stereocenters. The summed E-state index contributed by atoms with van der Waals surface area (Å²) in [5.41, 5.74) is 0.507. The molecule has 2 fully saturated rings. The number of allylic oxidation sites excluding steroid dienone is 9. The number of aliphatic hydroxyl groups is 1. The van der Waals surface area contributed by atoms with Gasteiger partial charge in [0.1, 0.15) is 16.7 Å². The van der Waals surface area contributed by atoms with Crippen molar-refractivity contribution >= 4 is 23.1 Å². The molecule has 0 radical (unpaired) electrons. The van der Waals surface area contributed by atoms with Crippen LogP contribution in [0.5, 0.6) is 11.5 Å². The second-order valence-electron chi connectivity index (χ2n) is 15.8. The largest absolute Gasteiger partial charge is 0.506 e. The van der Waals surface area contributed by atoms with Gasteiger partial charge in [-0.05, 0) is 142 Å². The van der Waals surface area contributed by atoms with E-state index in [1.54, 1.807) is 0 Å². The highest BCUT2D eigenvalue weighted by molar-refractivity contribution is 6.41. The molecule has 0 saturated heterocycles. The first-order chi connectivity index (χ1) is 22.7. The van der Waals surface area contributed by atoms with Gasteiger partial charge < -0.3 is 15.3 Å². The molecule has 3 N–H and O–H groups in total. The fraction of sp³-hybridized carbons (Fsp3) is 0.512. The molecule has 2 aliphatic carbocycles. The second kappa shape index (κ2) is 15.3. The van der Waals surface area contributed by atoms with Gasteiger partial charge in [-0.25, -0.2) is 0 Å². The molecule has 6 nitrogen and oxygen atoms in total. The summed E-state index contributed by atoms with van der Waals surface area (Å²) in [5, 5.41) is 32.2. The zero-order valence-corrected chi connectivity index (χ0v) is 31.3. The van der Waals surface area contributed by atoms with Crippen LogP contribution in [0, 0.1) is 28.1 Å². The zero-order valence-electron chi connectivity index (χ0n) is 31.3. The highest BCUT2D eigenvalue weighted by Crippen LogP contribution is 2.67. The zero-order chi connectivity index (χ0) is 37.1. The lowest BCUT2D eigenvalue weighted by atomic mass is 9.37. The average Bonchev–Trinajstić information content (AvgIpc) is 3.00. The lowest BCUT2D eigenvalue weighted by Crippen LogP contribution is -2.70. The minimum atomic E-state index is -1.65. The molecular weight excluding hydrogens is 612 g/mol. The van der Waals surface area contributed by atoms with Gasteiger partial charge in [0.2, 0.25) is 0 Å². The summed E-state index contributed by atoms with van der Waals surface area (Å²) in [7, 11) is 0. The number of benzene rings is 1. The highest BCUT2D eigenvalue weighted by Gasteiger charge is 2.74. The highest BCUT2D eigenvalue weighted by atomic mass is 16.3. The van der Waals surface area contributed by atoms with Crippen molar-refractivity contribution < 1.29 is 29.7 Å². The number of hydrogen-bond acceptors (Lipinski definition) is 6. The molecule has 1 aromatic rings. The summed E-state index contributed by atoms with van der Waals surface area (Å²) >= 11 is 0. The van der Waals surface area contributed by atoms with Gasteiger partial charge in [0, 0.05) is 5.56 Å². The standard InChI is InChI=1S/C43H58O6/c1-26(2)13-12-21-41(11)33(18-15-28(5)6)25-42(24-32(30(9)10)16-14-27(3)4)38(47)36(37(46)31-17-19-34(44)35(45)23-31)39(48)43(41,40(42)49)22-20-29(7)8/h13,15,17,19-20,23,32-33,44-46H,3,9,12,14,16,18,21-22,24-25H2,1-2,4-8,10-11H3/b37-36+/t32?,33-,41+,42-,43+/m1/s1. The lowest BCUT2D eigenvalue weighted by molar-refractivity contribution is -0.180. The summed E-state index contributed by atoms with van der Waals surface area (Å²) < 4.78 is 0. The van der Waals surface area contributed by atoms with Gasteiger partial charge in [0.25, 0.3) is 0 Å². The number of rotatable bonds is 14. The summed E-state index contributed by atoms with van der Waals surface area (Å²) in [5.74, 6) is -3.59. The summed E-state index contributed by atoms with van der Waals surface area (Å²) in [6.45, 7) is 26.2. The molecule has 2 bridgehead atoms. The second-order valence-corrected chi connectivity index (χ2v) is 15.8. The number of aliphatic hydroxyl groups excluding tert-OH is 1. The lowest BCUT2D eigenvalue weighted by Gasteiger charge is -2.62. The molecular formula is C43H58O6. The number of Topliss-reactive ketones (excluding diaryl/α,β-unsaturated/α-hetero) is 3. The fourth-order valence-electron chi connectivity index (χ4n) is 8.11. The number of carbonyl (C=O) groups excluding carboxylic acids is 3. The van der Waals surface area contributed by atoms with Crippen molar-refractivity contribution in [2.75, 3.05) is 0 Å². The number of carbonyl (C=O) groups is 3. The van der Waals surface area contributed by atoms with Crippen LogP contribution in [0.2, 0.25) is 0 Å². The maximum atomic E-state index is 15.7. The predicted octanol–water partition coefficient (Wildman–Crippen LogP) is 10.5. The Hall–Kier alpha value is -3.93. The Bertz CT molecular complexity index is 1640. The van der Waals surface area contributed by atoms with Gasteiger partial charge in [-0.15, -0.1) is 6.58 Å². The molecule has 266 valence electrons. The van der Waals surface area contributed by atoms with E-state index in [2.05, 4.69) is 25.3 Å². The van der Waals surface area contributed by atoms with Crippen molar-refractivity contribution in [3.8, 4) is 11.5 Å². The molecule has 5 atom stereocenters. The van der Waals surface area contributed by atoms with Gasteiger partial charge >= 0.3 is 0 Å². The molecule has 2 aliphatic rings. The van der Waals surface area contributed by atoms with Crippen LogP contribution in [0.15, 0.2) is 83.0 Å².